The molecule has 0 aliphatic carbocycles. The molecule has 3 N–H and O–H groups in total. The number of imidazole rings is 1. The van der Waals surface area contributed by atoms with Crippen LogP contribution in [0.3, 0.4) is 0 Å². The van der Waals surface area contributed by atoms with Gasteiger partial charge in [0, 0.05) is 10.2 Å². The van der Waals surface area contributed by atoms with Crippen molar-refractivity contribution < 1.29 is 9.13 Å². The van der Waals surface area contributed by atoms with E-state index in [-0.39, 0.29) is 11.8 Å². The summed E-state index contributed by atoms with van der Waals surface area (Å²) in [6, 6.07) is 10.0. The van der Waals surface area contributed by atoms with Crippen LogP contribution in [0.4, 0.5) is 10.1 Å². The first-order valence-corrected chi connectivity index (χ1v) is 6.29. The molecular formula is C13H9BrFN3O. The monoisotopic (exact) mass is 321 g/mol. The number of aromatic amines is 1. The minimum Gasteiger partial charge on any atom is -0.422 e. The van der Waals surface area contributed by atoms with Crippen molar-refractivity contribution >= 4 is 32.7 Å². The number of nitrogens with two attached hydrogens (primary N) is 1. The minimum atomic E-state index is -0.464. The Morgan fingerprint density at radius 1 is 1.21 bits per heavy atom. The van der Waals surface area contributed by atoms with Crippen molar-refractivity contribution in [2.45, 2.75) is 0 Å². The lowest BCUT2D eigenvalue weighted by atomic mass is 10.3. The molecule has 0 fully saturated rings. The number of nitrogens with one attached hydrogen (secondary N) is 1. The number of rotatable bonds is 2. The predicted molar refractivity (Wildman–Crippen MR) is 74.7 cm³/mol. The lowest BCUT2D eigenvalue weighted by molar-refractivity contribution is 0.416. The molecule has 6 heteroatoms. The molecule has 0 radical (unpaired) electrons. The second kappa shape index (κ2) is 4.55. The summed E-state index contributed by atoms with van der Waals surface area (Å²) in [5.41, 5.74) is 7.75. The molecule has 0 atom stereocenters. The maximum absolute atomic E-state index is 13.6. The minimum absolute atomic E-state index is 0.107. The van der Waals surface area contributed by atoms with Gasteiger partial charge in [-0.3, -0.25) is 0 Å². The van der Waals surface area contributed by atoms with E-state index in [4.69, 9.17) is 10.5 Å². The average Bonchev–Trinajstić information content (AvgIpc) is 2.74. The van der Waals surface area contributed by atoms with E-state index in [1.165, 1.54) is 12.1 Å². The molecule has 96 valence electrons. The predicted octanol–water partition coefficient (Wildman–Crippen LogP) is 3.84. The second-order valence-corrected chi connectivity index (χ2v) is 4.91. The maximum atomic E-state index is 13.6. The Morgan fingerprint density at radius 2 is 2.05 bits per heavy atom. The van der Waals surface area contributed by atoms with Gasteiger partial charge in [0.1, 0.15) is 0 Å². The first-order chi connectivity index (χ1) is 9.11. The van der Waals surface area contributed by atoms with Crippen LogP contribution in [-0.2, 0) is 0 Å². The molecule has 1 heterocycles. The number of halogens is 2. The molecule has 0 amide bonds. The number of H-pyrrole nitrogens is 1. The van der Waals surface area contributed by atoms with Crippen molar-refractivity contribution in [3.05, 3.63) is 46.7 Å². The van der Waals surface area contributed by atoms with Crippen LogP contribution in [0, 0.1) is 5.82 Å². The Morgan fingerprint density at radius 3 is 2.84 bits per heavy atom. The summed E-state index contributed by atoms with van der Waals surface area (Å²) in [6.07, 6.45) is 0. The SMILES string of the molecule is Nc1ccc2nc(Oc3ccc(Br)cc3F)[nH]c2c1. The zero-order valence-electron chi connectivity index (χ0n) is 9.65. The Kier molecular flexibility index (Phi) is 2.87. The van der Waals surface area contributed by atoms with Gasteiger partial charge in [0.2, 0.25) is 0 Å². The maximum Gasteiger partial charge on any atom is 0.300 e. The second-order valence-electron chi connectivity index (χ2n) is 4.00. The van der Waals surface area contributed by atoms with E-state index in [0.717, 1.165) is 5.52 Å². The molecule has 1 aromatic heterocycles. The highest BCUT2D eigenvalue weighted by Gasteiger charge is 2.09. The molecule has 3 rings (SSSR count). The Labute approximate surface area is 116 Å². The topological polar surface area (TPSA) is 63.9 Å². The third kappa shape index (κ3) is 2.39. The third-order valence-corrected chi connectivity index (χ3v) is 3.08. The van der Waals surface area contributed by atoms with E-state index in [9.17, 15) is 4.39 Å². The van der Waals surface area contributed by atoms with Crippen LogP contribution >= 0.6 is 15.9 Å². The van der Waals surface area contributed by atoms with Gasteiger partial charge in [0.05, 0.1) is 11.0 Å². The number of hydrogen-bond acceptors (Lipinski definition) is 3. The fourth-order valence-electron chi connectivity index (χ4n) is 1.71. The smallest absolute Gasteiger partial charge is 0.300 e. The zero-order chi connectivity index (χ0) is 13.4. The normalized spacial score (nSPS) is 10.8. The van der Waals surface area contributed by atoms with Crippen LogP contribution in [0.2, 0.25) is 0 Å². The average molecular weight is 322 g/mol. The quantitative estimate of drug-likeness (QED) is 0.705. The van der Waals surface area contributed by atoms with Crippen molar-refractivity contribution in [1.29, 1.82) is 0 Å². The van der Waals surface area contributed by atoms with Crippen molar-refractivity contribution in [2.24, 2.45) is 0 Å². The molecule has 4 nitrogen and oxygen atoms in total. The Hall–Kier alpha value is -2.08. The van der Waals surface area contributed by atoms with Crippen LogP contribution in [0.1, 0.15) is 0 Å². The molecule has 0 aliphatic rings. The van der Waals surface area contributed by atoms with Gasteiger partial charge in [-0.25, -0.2) is 4.39 Å². The van der Waals surface area contributed by atoms with Gasteiger partial charge >= 0.3 is 0 Å². The summed E-state index contributed by atoms with van der Waals surface area (Å²) in [5.74, 6) is -0.357. The Balaban J connectivity index is 1.96. The summed E-state index contributed by atoms with van der Waals surface area (Å²) in [4.78, 5) is 7.14. The number of hydrogen-bond donors (Lipinski definition) is 2. The Bertz CT molecular complexity index is 757. The van der Waals surface area contributed by atoms with Crippen LogP contribution in [-0.4, -0.2) is 9.97 Å². The van der Waals surface area contributed by atoms with Gasteiger partial charge in [-0.2, -0.15) is 4.98 Å². The van der Waals surface area contributed by atoms with Gasteiger partial charge in [-0.05, 0) is 36.4 Å². The summed E-state index contributed by atoms with van der Waals surface area (Å²) >= 11 is 3.18. The number of ether oxygens (including phenoxy) is 1. The van der Waals surface area contributed by atoms with E-state index in [0.29, 0.717) is 15.7 Å². The number of anilines is 1. The van der Waals surface area contributed by atoms with E-state index >= 15 is 0 Å². The molecule has 0 bridgehead atoms. The van der Waals surface area contributed by atoms with Crippen LogP contribution < -0.4 is 10.5 Å². The largest absolute Gasteiger partial charge is 0.422 e. The molecule has 0 unspecified atom stereocenters. The van der Waals surface area contributed by atoms with Crippen molar-refractivity contribution in [3.63, 3.8) is 0 Å². The van der Waals surface area contributed by atoms with E-state index < -0.39 is 5.82 Å². The lowest BCUT2D eigenvalue weighted by Gasteiger charge is -2.03. The summed E-state index contributed by atoms with van der Waals surface area (Å²) in [5, 5.41) is 0. The van der Waals surface area contributed by atoms with Crippen LogP contribution in [0.5, 0.6) is 11.8 Å². The van der Waals surface area contributed by atoms with E-state index in [2.05, 4.69) is 25.9 Å². The molecule has 2 aromatic carbocycles. The third-order valence-electron chi connectivity index (χ3n) is 2.58. The van der Waals surface area contributed by atoms with E-state index in [1.54, 1.807) is 24.3 Å². The fraction of sp³-hybridized carbons (Fsp3) is 0. The number of aromatic nitrogens is 2. The molecule has 0 saturated heterocycles. The van der Waals surface area contributed by atoms with Gasteiger partial charge in [-0.1, -0.05) is 15.9 Å². The standard InChI is InChI=1S/C13H9BrFN3O/c14-7-1-4-12(9(15)5-7)19-13-17-10-3-2-8(16)6-11(10)18-13/h1-6H,16H2,(H,17,18). The van der Waals surface area contributed by atoms with Crippen LogP contribution in [0.25, 0.3) is 11.0 Å². The van der Waals surface area contributed by atoms with Gasteiger partial charge < -0.3 is 15.5 Å². The number of benzene rings is 2. The molecule has 19 heavy (non-hydrogen) atoms. The van der Waals surface area contributed by atoms with Gasteiger partial charge in [0.25, 0.3) is 6.01 Å². The summed E-state index contributed by atoms with van der Waals surface area (Å²) < 4.78 is 19.7. The van der Waals surface area contributed by atoms with Crippen molar-refractivity contribution in [1.82, 2.24) is 9.97 Å². The molecule has 3 aromatic rings. The van der Waals surface area contributed by atoms with Gasteiger partial charge in [-0.15, -0.1) is 0 Å². The highest BCUT2D eigenvalue weighted by atomic mass is 79.9. The lowest BCUT2D eigenvalue weighted by Crippen LogP contribution is -1.89. The first kappa shape index (κ1) is 12.0. The fourth-order valence-corrected chi connectivity index (χ4v) is 2.05. The summed E-state index contributed by atoms with van der Waals surface area (Å²) in [7, 11) is 0. The highest BCUT2D eigenvalue weighted by molar-refractivity contribution is 9.10. The van der Waals surface area contributed by atoms with Crippen LogP contribution in [0.15, 0.2) is 40.9 Å². The molecular weight excluding hydrogens is 313 g/mol. The number of nitrogens with zero attached hydrogens (tertiary/aromatic N) is 1. The van der Waals surface area contributed by atoms with Crippen molar-refractivity contribution in [3.8, 4) is 11.8 Å². The van der Waals surface area contributed by atoms with Gasteiger partial charge in [0.15, 0.2) is 11.6 Å². The number of fused-ring (bicyclic) bond motifs is 1. The summed E-state index contributed by atoms with van der Waals surface area (Å²) in [6.45, 7) is 0. The molecule has 0 saturated carbocycles. The first-order valence-electron chi connectivity index (χ1n) is 5.50. The molecule has 0 aliphatic heterocycles. The zero-order valence-corrected chi connectivity index (χ0v) is 11.2. The number of nitrogen functional groups attached to an aromatic ring is 1. The molecule has 0 spiro atoms. The highest BCUT2D eigenvalue weighted by Crippen LogP contribution is 2.27. The van der Waals surface area contributed by atoms with E-state index in [1.807, 2.05) is 0 Å². The van der Waals surface area contributed by atoms with Crippen molar-refractivity contribution in [2.75, 3.05) is 5.73 Å².